The normalized spacial score (nSPS) is 13.7. The number of ether oxygens (including phenoxy) is 1. The van der Waals surface area contributed by atoms with Crippen LogP contribution in [0.15, 0.2) is 72.9 Å². The number of piperazine rings is 1. The number of hydrogen-bond acceptors (Lipinski definition) is 6. The minimum absolute atomic E-state index is 0.121. The van der Waals surface area contributed by atoms with Crippen molar-refractivity contribution in [1.82, 2.24) is 15.4 Å². The summed E-state index contributed by atoms with van der Waals surface area (Å²) >= 11 is 0. The Labute approximate surface area is 198 Å². The SMILES string of the molecule is Cc1ccccc1Oc1ncccc1C(=O)N1CCN(c2ccccc2/C=C/C(=O)NO)CC1. The minimum Gasteiger partial charge on any atom is -0.438 e. The molecule has 1 fully saturated rings. The van der Waals surface area contributed by atoms with Crippen LogP contribution in [-0.2, 0) is 4.79 Å². The van der Waals surface area contributed by atoms with Crippen molar-refractivity contribution in [3.8, 4) is 11.6 Å². The van der Waals surface area contributed by atoms with Gasteiger partial charge in [0.15, 0.2) is 0 Å². The van der Waals surface area contributed by atoms with Gasteiger partial charge >= 0.3 is 0 Å². The number of amides is 2. The number of rotatable bonds is 6. The van der Waals surface area contributed by atoms with Gasteiger partial charge in [0.25, 0.3) is 11.8 Å². The predicted octanol–water partition coefficient (Wildman–Crippen LogP) is 3.66. The van der Waals surface area contributed by atoms with Gasteiger partial charge in [-0.3, -0.25) is 14.8 Å². The summed E-state index contributed by atoms with van der Waals surface area (Å²) in [6.45, 7) is 4.29. The van der Waals surface area contributed by atoms with Gasteiger partial charge in [0.05, 0.1) is 0 Å². The van der Waals surface area contributed by atoms with Crippen molar-refractivity contribution in [2.75, 3.05) is 31.1 Å². The molecule has 0 atom stereocenters. The van der Waals surface area contributed by atoms with Crippen LogP contribution < -0.4 is 15.1 Å². The molecule has 1 aliphatic heterocycles. The first kappa shape index (κ1) is 23.0. The Morgan fingerprint density at radius 2 is 1.74 bits per heavy atom. The van der Waals surface area contributed by atoms with Gasteiger partial charge in [-0.05, 0) is 48.4 Å². The third-order valence-corrected chi connectivity index (χ3v) is 5.67. The fourth-order valence-corrected chi connectivity index (χ4v) is 3.85. The van der Waals surface area contributed by atoms with Crippen LogP contribution in [0.4, 0.5) is 5.69 Å². The molecule has 1 aromatic heterocycles. The van der Waals surface area contributed by atoms with E-state index >= 15 is 0 Å². The van der Waals surface area contributed by atoms with Crippen LogP contribution in [0, 0.1) is 6.92 Å². The van der Waals surface area contributed by atoms with Crippen molar-refractivity contribution >= 4 is 23.6 Å². The number of pyridine rings is 1. The van der Waals surface area contributed by atoms with Gasteiger partial charge in [-0.25, -0.2) is 10.5 Å². The smallest absolute Gasteiger partial charge is 0.267 e. The van der Waals surface area contributed by atoms with Crippen LogP contribution in [0.2, 0.25) is 0 Å². The molecule has 174 valence electrons. The number of nitrogens with one attached hydrogen (secondary N) is 1. The zero-order valence-electron chi connectivity index (χ0n) is 18.8. The topological polar surface area (TPSA) is 95.0 Å². The summed E-state index contributed by atoms with van der Waals surface area (Å²) in [4.78, 5) is 33.0. The Kier molecular flexibility index (Phi) is 7.19. The summed E-state index contributed by atoms with van der Waals surface area (Å²) < 4.78 is 5.99. The Bertz CT molecular complexity index is 1200. The first-order chi connectivity index (χ1) is 16.6. The van der Waals surface area contributed by atoms with E-state index in [-0.39, 0.29) is 5.91 Å². The third-order valence-electron chi connectivity index (χ3n) is 5.67. The van der Waals surface area contributed by atoms with Crippen LogP contribution >= 0.6 is 0 Å². The molecule has 2 heterocycles. The average Bonchev–Trinajstić information content (AvgIpc) is 2.89. The van der Waals surface area contributed by atoms with E-state index in [4.69, 9.17) is 9.94 Å². The van der Waals surface area contributed by atoms with E-state index in [2.05, 4.69) is 9.88 Å². The molecule has 1 aliphatic rings. The summed E-state index contributed by atoms with van der Waals surface area (Å²) in [6, 6.07) is 18.8. The number of para-hydroxylation sites is 2. The maximum Gasteiger partial charge on any atom is 0.267 e. The highest BCUT2D eigenvalue weighted by Gasteiger charge is 2.26. The zero-order valence-corrected chi connectivity index (χ0v) is 18.8. The molecule has 34 heavy (non-hydrogen) atoms. The maximum absolute atomic E-state index is 13.3. The van der Waals surface area contributed by atoms with Crippen molar-refractivity contribution in [1.29, 1.82) is 0 Å². The van der Waals surface area contributed by atoms with Crippen molar-refractivity contribution in [3.63, 3.8) is 0 Å². The summed E-state index contributed by atoms with van der Waals surface area (Å²) in [7, 11) is 0. The molecule has 1 saturated heterocycles. The molecule has 0 bridgehead atoms. The number of carbonyl (C=O) groups excluding carboxylic acids is 2. The molecule has 0 radical (unpaired) electrons. The van der Waals surface area contributed by atoms with Crippen molar-refractivity contribution in [2.24, 2.45) is 0 Å². The molecular weight excluding hydrogens is 432 g/mol. The molecule has 8 heteroatoms. The lowest BCUT2D eigenvalue weighted by atomic mass is 10.1. The van der Waals surface area contributed by atoms with E-state index in [9.17, 15) is 9.59 Å². The van der Waals surface area contributed by atoms with E-state index in [0.29, 0.717) is 43.4 Å². The zero-order chi connectivity index (χ0) is 23.9. The van der Waals surface area contributed by atoms with Crippen molar-refractivity contribution < 1.29 is 19.5 Å². The second-order valence-corrected chi connectivity index (χ2v) is 7.87. The summed E-state index contributed by atoms with van der Waals surface area (Å²) in [5.41, 5.74) is 4.80. The monoisotopic (exact) mass is 458 g/mol. The van der Waals surface area contributed by atoms with Gasteiger partial charge in [0.2, 0.25) is 5.88 Å². The Morgan fingerprint density at radius 3 is 2.50 bits per heavy atom. The first-order valence-corrected chi connectivity index (χ1v) is 11.0. The van der Waals surface area contributed by atoms with Gasteiger partial charge in [-0.1, -0.05) is 36.4 Å². The van der Waals surface area contributed by atoms with Gasteiger partial charge in [-0.15, -0.1) is 0 Å². The molecule has 2 N–H and O–H groups in total. The van der Waals surface area contributed by atoms with E-state index in [0.717, 1.165) is 16.8 Å². The molecule has 4 rings (SSSR count). The van der Waals surface area contributed by atoms with E-state index in [1.165, 1.54) is 6.08 Å². The number of carbonyl (C=O) groups is 2. The molecular formula is C26H26N4O4. The highest BCUT2D eigenvalue weighted by Crippen LogP contribution is 2.28. The molecule has 0 unspecified atom stereocenters. The van der Waals surface area contributed by atoms with Crippen LogP contribution in [0.1, 0.15) is 21.5 Å². The standard InChI is InChI=1S/C26H26N4O4/c1-19-7-2-5-11-23(19)34-25-21(9-6-14-27-25)26(32)30-17-15-29(16-18-30)22-10-4-3-8-20(22)12-13-24(31)28-33/h2-14,33H,15-18H2,1H3,(H,28,31)/b13-12+. The predicted molar refractivity (Wildman–Crippen MR) is 129 cm³/mol. The van der Waals surface area contributed by atoms with E-state index < -0.39 is 5.91 Å². The van der Waals surface area contributed by atoms with Gasteiger partial charge in [0, 0.05) is 44.1 Å². The lowest BCUT2D eigenvalue weighted by Gasteiger charge is -2.37. The summed E-state index contributed by atoms with van der Waals surface area (Å²) in [5.74, 6) is 0.246. The molecule has 0 spiro atoms. The molecule has 0 saturated carbocycles. The number of anilines is 1. The molecule has 3 aromatic rings. The van der Waals surface area contributed by atoms with Crippen LogP contribution in [0.5, 0.6) is 11.6 Å². The maximum atomic E-state index is 13.3. The van der Waals surface area contributed by atoms with Crippen LogP contribution in [0.25, 0.3) is 6.08 Å². The fraction of sp³-hybridized carbons (Fsp3) is 0.192. The highest BCUT2D eigenvalue weighted by molar-refractivity contribution is 5.96. The quantitative estimate of drug-likeness (QED) is 0.333. The summed E-state index contributed by atoms with van der Waals surface area (Å²) in [6.07, 6.45) is 4.55. The molecule has 0 aliphatic carbocycles. The number of aryl methyl sites for hydroxylation is 1. The second-order valence-electron chi connectivity index (χ2n) is 7.87. The Balaban J connectivity index is 1.46. The summed E-state index contributed by atoms with van der Waals surface area (Å²) in [5, 5.41) is 8.71. The van der Waals surface area contributed by atoms with E-state index in [1.54, 1.807) is 34.8 Å². The van der Waals surface area contributed by atoms with Crippen LogP contribution in [-0.4, -0.2) is 53.1 Å². The number of nitrogens with zero attached hydrogens (tertiary/aromatic N) is 3. The van der Waals surface area contributed by atoms with E-state index in [1.807, 2.05) is 55.5 Å². The number of hydrogen-bond donors (Lipinski definition) is 2. The van der Waals surface area contributed by atoms with Crippen molar-refractivity contribution in [3.05, 3.63) is 89.6 Å². The number of aromatic nitrogens is 1. The lowest BCUT2D eigenvalue weighted by molar-refractivity contribution is -0.124. The molecule has 2 aromatic carbocycles. The Hall–Kier alpha value is -4.17. The second kappa shape index (κ2) is 10.6. The molecule has 2 amide bonds. The van der Waals surface area contributed by atoms with Gasteiger partial charge < -0.3 is 14.5 Å². The molecule has 8 nitrogen and oxygen atoms in total. The number of hydroxylamine groups is 1. The lowest BCUT2D eigenvalue weighted by Crippen LogP contribution is -2.49. The van der Waals surface area contributed by atoms with Gasteiger partial charge in [-0.2, -0.15) is 0 Å². The number of benzene rings is 2. The van der Waals surface area contributed by atoms with Crippen LogP contribution in [0.3, 0.4) is 0 Å². The first-order valence-electron chi connectivity index (χ1n) is 11.0. The van der Waals surface area contributed by atoms with Crippen molar-refractivity contribution in [2.45, 2.75) is 6.92 Å². The fourth-order valence-electron chi connectivity index (χ4n) is 3.85. The minimum atomic E-state index is -0.592. The largest absolute Gasteiger partial charge is 0.438 e. The third kappa shape index (κ3) is 5.24. The van der Waals surface area contributed by atoms with Gasteiger partial charge in [0.1, 0.15) is 11.3 Å². The average molecular weight is 459 g/mol. The highest BCUT2D eigenvalue weighted by atomic mass is 16.5. The Morgan fingerprint density at radius 1 is 1.00 bits per heavy atom.